The lowest BCUT2D eigenvalue weighted by Gasteiger charge is -2.11. The van der Waals surface area contributed by atoms with E-state index in [0.29, 0.717) is 22.5 Å². The van der Waals surface area contributed by atoms with Crippen molar-refractivity contribution in [1.29, 1.82) is 0 Å². The Bertz CT molecular complexity index is 1160. The maximum absolute atomic E-state index is 13.1. The average Bonchev–Trinajstić information content (AvgIpc) is 3.17. The van der Waals surface area contributed by atoms with E-state index in [2.05, 4.69) is 31.9 Å². The molecule has 0 N–H and O–H groups in total. The van der Waals surface area contributed by atoms with E-state index in [1.165, 1.54) is 4.80 Å². The highest BCUT2D eigenvalue weighted by Gasteiger charge is 2.33. The molecule has 0 spiro atoms. The molecule has 0 aliphatic heterocycles. The number of nitrogens with zero attached hydrogens (tertiary/aromatic N) is 6. The van der Waals surface area contributed by atoms with Crippen LogP contribution in [-0.4, -0.2) is 44.4 Å². The first kappa shape index (κ1) is 23.8. The van der Waals surface area contributed by atoms with E-state index >= 15 is 0 Å². The SMILES string of the molecule is C=NCc1nn(C(C)OC(=O)OCC)nc1-c1cc(C)cc(-c2nccc(C(F)(F)F)n2)c1. The van der Waals surface area contributed by atoms with E-state index in [1.807, 2.05) is 0 Å². The zero-order valence-electron chi connectivity index (χ0n) is 18.1. The van der Waals surface area contributed by atoms with Crippen LogP contribution in [0.4, 0.5) is 18.0 Å². The van der Waals surface area contributed by atoms with Crippen LogP contribution in [0.3, 0.4) is 0 Å². The second-order valence-electron chi connectivity index (χ2n) is 6.95. The number of carbonyl (C=O) groups excluding carboxylic acids is 1. The highest BCUT2D eigenvalue weighted by Crippen LogP contribution is 2.31. The zero-order chi connectivity index (χ0) is 24.2. The third-order valence-electron chi connectivity index (χ3n) is 4.37. The molecule has 2 heterocycles. The first-order valence-electron chi connectivity index (χ1n) is 9.86. The van der Waals surface area contributed by atoms with Gasteiger partial charge in [-0.25, -0.2) is 14.8 Å². The van der Waals surface area contributed by atoms with Crippen LogP contribution in [0.2, 0.25) is 0 Å². The van der Waals surface area contributed by atoms with E-state index in [1.54, 1.807) is 39.0 Å². The number of carbonyl (C=O) groups is 1. The quantitative estimate of drug-likeness (QED) is 0.373. The predicted molar refractivity (Wildman–Crippen MR) is 112 cm³/mol. The van der Waals surface area contributed by atoms with Crippen molar-refractivity contribution in [3.8, 4) is 22.6 Å². The Morgan fingerprint density at radius 3 is 2.64 bits per heavy atom. The van der Waals surface area contributed by atoms with Gasteiger partial charge in [0.05, 0.1) is 13.2 Å². The van der Waals surface area contributed by atoms with Crippen molar-refractivity contribution in [2.45, 2.75) is 39.7 Å². The van der Waals surface area contributed by atoms with Crippen LogP contribution in [0, 0.1) is 6.92 Å². The number of ether oxygens (including phenoxy) is 2. The van der Waals surface area contributed by atoms with Gasteiger partial charge >= 0.3 is 12.3 Å². The minimum Gasteiger partial charge on any atom is -0.435 e. The van der Waals surface area contributed by atoms with Gasteiger partial charge in [-0.1, -0.05) is 0 Å². The standard InChI is InChI=1S/C21H21F3N6O3/c1-5-32-20(31)33-13(3)30-28-16(11-25-4)18(29-30)14-8-12(2)9-15(10-14)19-26-7-6-17(27-19)21(22,23)24/h6-10,13H,4-5,11H2,1-3H3. The number of aryl methyl sites for hydroxylation is 1. The normalized spacial score (nSPS) is 12.3. The van der Waals surface area contributed by atoms with Crippen molar-refractivity contribution >= 4 is 12.9 Å². The van der Waals surface area contributed by atoms with Gasteiger partial charge in [0, 0.05) is 17.3 Å². The smallest absolute Gasteiger partial charge is 0.435 e. The van der Waals surface area contributed by atoms with Gasteiger partial charge in [-0.15, -0.1) is 9.90 Å². The highest BCUT2D eigenvalue weighted by atomic mass is 19.4. The molecule has 0 radical (unpaired) electrons. The molecule has 2 aromatic heterocycles. The van der Waals surface area contributed by atoms with Crippen LogP contribution in [-0.2, 0) is 22.2 Å². The van der Waals surface area contributed by atoms with Crippen LogP contribution >= 0.6 is 0 Å². The van der Waals surface area contributed by atoms with E-state index in [4.69, 9.17) is 9.47 Å². The molecular formula is C21H21F3N6O3. The van der Waals surface area contributed by atoms with Gasteiger partial charge < -0.3 is 9.47 Å². The summed E-state index contributed by atoms with van der Waals surface area (Å²) in [6, 6.07) is 5.88. The Morgan fingerprint density at radius 1 is 1.24 bits per heavy atom. The van der Waals surface area contributed by atoms with Gasteiger partial charge in [-0.2, -0.15) is 18.3 Å². The summed E-state index contributed by atoms with van der Waals surface area (Å²) in [5.41, 5.74) is 1.47. The van der Waals surface area contributed by atoms with Gasteiger partial charge in [-0.05, 0) is 57.3 Å². The molecular weight excluding hydrogens is 441 g/mol. The molecule has 3 rings (SSSR count). The van der Waals surface area contributed by atoms with Gasteiger partial charge in [-0.3, -0.25) is 4.99 Å². The minimum absolute atomic E-state index is 0.0791. The van der Waals surface area contributed by atoms with Crippen LogP contribution in [0.25, 0.3) is 22.6 Å². The van der Waals surface area contributed by atoms with Gasteiger partial charge in [0.1, 0.15) is 17.1 Å². The van der Waals surface area contributed by atoms with E-state index in [0.717, 1.165) is 17.8 Å². The number of halogens is 3. The molecule has 1 atom stereocenters. The number of aliphatic imine (C=N–C) groups is 1. The molecule has 0 saturated heterocycles. The molecule has 0 aliphatic rings. The van der Waals surface area contributed by atoms with Crippen LogP contribution in [0.1, 0.15) is 37.0 Å². The fraction of sp³-hybridized carbons (Fsp3) is 0.333. The Morgan fingerprint density at radius 2 is 1.97 bits per heavy atom. The number of hydrogen-bond acceptors (Lipinski definition) is 8. The summed E-state index contributed by atoms with van der Waals surface area (Å²) in [6.07, 6.45) is -5.28. The lowest BCUT2D eigenvalue weighted by molar-refractivity contribution is -0.141. The maximum Gasteiger partial charge on any atom is 0.510 e. The van der Waals surface area contributed by atoms with Crippen LogP contribution < -0.4 is 0 Å². The molecule has 0 aliphatic carbocycles. The Labute approximate surface area is 187 Å². The molecule has 1 aromatic carbocycles. The number of hydrogen-bond donors (Lipinski definition) is 0. The van der Waals surface area contributed by atoms with Gasteiger partial charge in [0.25, 0.3) is 0 Å². The van der Waals surface area contributed by atoms with Gasteiger partial charge in [0.2, 0.25) is 6.23 Å². The van der Waals surface area contributed by atoms with E-state index in [-0.39, 0.29) is 19.0 Å². The summed E-state index contributed by atoms with van der Waals surface area (Å²) >= 11 is 0. The van der Waals surface area contributed by atoms with Crippen LogP contribution in [0.5, 0.6) is 0 Å². The van der Waals surface area contributed by atoms with E-state index < -0.39 is 24.3 Å². The molecule has 0 fully saturated rings. The molecule has 1 unspecified atom stereocenters. The zero-order valence-corrected chi connectivity index (χ0v) is 18.1. The van der Waals surface area contributed by atoms with Crippen molar-refractivity contribution in [3.05, 3.63) is 47.4 Å². The third-order valence-corrected chi connectivity index (χ3v) is 4.37. The van der Waals surface area contributed by atoms with Crippen molar-refractivity contribution in [1.82, 2.24) is 25.0 Å². The summed E-state index contributed by atoms with van der Waals surface area (Å²) < 4.78 is 49.2. The summed E-state index contributed by atoms with van der Waals surface area (Å²) in [7, 11) is 0. The van der Waals surface area contributed by atoms with Crippen molar-refractivity contribution in [3.63, 3.8) is 0 Å². The fourth-order valence-corrected chi connectivity index (χ4v) is 3.00. The number of rotatable bonds is 7. The molecule has 33 heavy (non-hydrogen) atoms. The summed E-state index contributed by atoms with van der Waals surface area (Å²) in [5.74, 6) is -0.0791. The molecule has 174 valence electrons. The molecule has 0 amide bonds. The summed E-state index contributed by atoms with van der Waals surface area (Å²) in [5, 5.41) is 8.74. The Kier molecular flexibility index (Phi) is 7.04. The van der Waals surface area contributed by atoms with Crippen molar-refractivity contribution in [2.75, 3.05) is 6.61 Å². The van der Waals surface area contributed by atoms with Crippen LogP contribution in [0.15, 0.2) is 35.5 Å². The van der Waals surface area contributed by atoms with E-state index in [9.17, 15) is 18.0 Å². The molecule has 0 bridgehead atoms. The second-order valence-corrected chi connectivity index (χ2v) is 6.95. The monoisotopic (exact) mass is 462 g/mol. The summed E-state index contributed by atoms with van der Waals surface area (Å²) in [6.45, 7) is 8.73. The topological polar surface area (TPSA) is 104 Å². The first-order chi connectivity index (χ1) is 15.6. The third kappa shape index (κ3) is 5.70. The Hall–Kier alpha value is -3.83. The fourth-order valence-electron chi connectivity index (χ4n) is 3.00. The molecule has 9 nitrogen and oxygen atoms in total. The number of benzene rings is 1. The lowest BCUT2D eigenvalue weighted by atomic mass is 10.0. The highest BCUT2D eigenvalue weighted by molar-refractivity contribution is 5.70. The minimum atomic E-state index is -4.59. The molecule has 12 heteroatoms. The summed E-state index contributed by atoms with van der Waals surface area (Å²) in [4.78, 5) is 24.3. The van der Waals surface area contributed by atoms with Crippen molar-refractivity contribution in [2.24, 2.45) is 4.99 Å². The maximum atomic E-state index is 13.1. The number of alkyl halides is 3. The second kappa shape index (κ2) is 9.76. The molecule has 3 aromatic rings. The first-order valence-corrected chi connectivity index (χ1v) is 9.86. The predicted octanol–water partition coefficient (Wildman–Crippen LogP) is 4.62. The number of aromatic nitrogens is 5. The van der Waals surface area contributed by atoms with Gasteiger partial charge in [0.15, 0.2) is 5.82 Å². The Balaban J connectivity index is 2.03. The lowest BCUT2D eigenvalue weighted by Crippen LogP contribution is -2.18. The largest absolute Gasteiger partial charge is 0.510 e. The van der Waals surface area contributed by atoms with Crippen molar-refractivity contribution < 1.29 is 27.4 Å². The average molecular weight is 462 g/mol. The molecule has 0 saturated carbocycles.